The Morgan fingerprint density at radius 3 is 1.94 bits per heavy atom. The van der Waals surface area contributed by atoms with E-state index in [0.29, 0.717) is 0 Å². The SMILES string of the molecule is COC(=O)[C@H](C)NC(=O)[C@@](C)(NC(=O)[C@H](C)NC(=O)[C@H](C)NC(=O)OCc1ccccc1)C(C)C. The molecule has 1 rings (SSSR count). The lowest BCUT2D eigenvalue weighted by Crippen LogP contribution is -2.64. The van der Waals surface area contributed by atoms with Crippen molar-refractivity contribution < 1.29 is 33.4 Å². The highest BCUT2D eigenvalue weighted by atomic mass is 16.5. The summed E-state index contributed by atoms with van der Waals surface area (Å²) in [4.78, 5) is 61.7. The minimum Gasteiger partial charge on any atom is -0.467 e. The fourth-order valence-corrected chi connectivity index (χ4v) is 2.82. The molecule has 0 spiro atoms. The van der Waals surface area contributed by atoms with Gasteiger partial charge >= 0.3 is 12.1 Å². The highest BCUT2D eigenvalue weighted by Crippen LogP contribution is 2.17. The second-order valence-electron chi connectivity index (χ2n) is 8.72. The molecular weight excluding hydrogens is 456 g/mol. The Morgan fingerprint density at radius 2 is 1.40 bits per heavy atom. The maximum Gasteiger partial charge on any atom is 0.408 e. The number of carbonyl (C=O) groups excluding carboxylic acids is 5. The fraction of sp³-hybridized carbons (Fsp3) is 0.542. The van der Waals surface area contributed by atoms with E-state index in [2.05, 4.69) is 26.0 Å². The molecule has 1 aromatic carbocycles. The first-order chi connectivity index (χ1) is 16.3. The molecule has 35 heavy (non-hydrogen) atoms. The minimum atomic E-state index is -1.37. The predicted molar refractivity (Wildman–Crippen MR) is 128 cm³/mol. The van der Waals surface area contributed by atoms with Crippen molar-refractivity contribution in [1.82, 2.24) is 21.3 Å². The van der Waals surface area contributed by atoms with Gasteiger partial charge in [0.15, 0.2) is 0 Å². The summed E-state index contributed by atoms with van der Waals surface area (Å²) in [5.74, 6) is -2.78. The first-order valence-electron chi connectivity index (χ1n) is 11.3. The third-order valence-corrected chi connectivity index (χ3v) is 5.60. The summed E-state index contributed by atoms with van der Waals surface area (Å²) < 4.78 is 9.70. The van der Waals surface area contributed by atoms with Gasteiger partial charge in [0, 0.05) is 0 Å². The molecule has 0 aliphatic carbocycles. The summed E-state index contributed by atoms with van der Waals surface area (Å²) in [5.41, 5.74) is -0.577. The summed E-state index contributed by atoms with van der Waals surface area (Å²) in [7, 11) is 1.21. The lowest BCUT2D eigenvalue weighted by Gasteiger charge is -2.35. The van der Waals surface area contributed by atoms with Gasteiger partial charge in [0.2, 0.25) is 17.7 Å². The van der Waals surface area contributed by atoms with E-state index in [1.54, 1.807) is 26.0 Å². The molecule has 194 valence electrons. The summed E-state index contributed by atoms with van der Waals surface area (Å²) in [6.07, 6.45) is -0.780. The van der Waals surface area contributed by atoms with Crippen molar-refractivity contribution in [2.75, 3.05) is 7.11 Å². The molecule has 0 radical (unpaired) electrons. The van der Waals surface area contributed by atoms with E-state index in [4.69, 9.17) is 4.74 Å². The van der Waals surface area contributed by atoms with Crippen molar-refractivity contribution in [3.63, 3.8) is 0 Å². The lowest BCUT2D eigenvalue weighted by atomic mass is 9.86. The molecule has 0 fully saturated rings. The van der Waals surface area contributed by atoms with Crippen LogP contribution in [0.25, 0.3) is 0 Å². The molecule has 4 amide bonds. The normalized spacial score (nSPS) is 15.0. The first-order valence-corrected chi connectivity index (χ1v) is 11.3. The number of rotatable bonds is 11. The molecule has 0 heterocycles. The van der Waals surface area contributed by atoms with E-state index in [-0.39, 0.29) is 12.5 Å². The molecule has 0 unspecified atom stereocenters. The van der Waals surface area contributed by atoms with Gasteiger partial charge in [-0.25, -0.2) is 9.59 Å². The van der Waals surface area contributed by atoms with Gasteiger partial charge in [-0.05, 0) is 39.2 Å². The van der Waals surface area contributed by atoms with E-state index >= 15 is 0 Å². The molecular formula is C24H36N4O7. The topological polar surface area (TPSA) is 152 Å². The van der Waals surface area contributed by atoms with Crippen LogP contribution in [-0.2, 0) is 35.3 Å². The average molecular weight is 493 g/mol. The zero-order chi connectivity index (χ0) is 26.8. The Hall–Kier alpha value is -3.63. The second-order valence-corrected chi connectivity index (χ2v) is 8.72. The molecule has 0 saturated carbocycles. The van der Waals surface area contributed by atoms with Crippen LogP contribution in [-0.4, -0.2) is 60.6 Å². The van der Waals surface area contributed by atoms with Gasteiger partial charge in [0.1, 0.15) is 30.3 Å². The number of methoxy groups -OCH3 is 1. The smallest absolute Gasteiger partial charge is 0.408 e. The van der Waals surface area contributed by atoms with Crippen molar-refractivity contribution in [2.24, 2.45) is 5.92 Å². The number of hydrogen-bond acceptors (Lipinski definition) is 7. The summed E-state index contributed by atoms with van der Waals surface area (Å²) in [6.45, 7) is 9.40. The van der Waals surface area contributed by atoms with Gasteiger partial charge < -0.3 is 30.7 Å². The number of hydrogen-bond donors (Lipinski definition) is 4. The molecule has 11 heteroatoms. The zero-order valence-corrected chi connectivity index (χ0v) is 21.3. The van der Waals surface area contributed by atoms with Crippen molar-refractivity contribution in [2.45, 2.75) is 71.8 Å². The predicted octanol–water partition coefficient (Wildman–Crippen LogP) is 1.01. The minimum absolute atomic E-state index is 0.0459. The Morgan fingerprint density at radius 1 is 0.829 bits per heavy atom. The van der Waals surface area contributed by atoms with Crippen molar-refractivity contribution in [3.8, 4) is 0 Å². The van der Waals surface area contributed by atoms with Gasteiger partial charge in [-0.2, -0.15) is 0 Å². The van der Waals surface area contributed by atoms with Gasteiger partial charge in [-0.1, -0.05) is 44.2 Å². The average Bonchev–Trinajstić information content (AvgIpc) is 2.82. The molecule has 1 aromatic rings. The van der Waals surface area contributed by atoms with Crippen LogP contribution in [0.2, 0.25) is 0 Å². The third kappa shape index (κ3) is 8.91. The maximum absolute atomic E-state index is 12.8. The zero-order valence-electron chi connectivity index (χ0n) is 21.3. The Bertz CT molecular complexity index is 906. The summed E-state index contributed by atoms with van der Waals surface area (Å²) in [5, 5.41) is 10.1. The first kappa shape index (κ1) is 29.4. The van der Waals surface area contributed by atoms with Crippen LogP contribution >= 0.6 is 0 Å². The molecule has 0 bridgehead atoms. The molecule has 4 N–H and O–H groups in total. The number of amides is 4. The number of alkyl carbamates (subject to hydrolysis) is 1. The summed E-state index contributed by atoms with van der Waals surface area (Å²) in [6, 6.07) is 6.15. The fourth-order valence-electron chi connectivity index (χ4n) is 2.82. The van der Waals surface area contributed by atoms with E-state index in [1.165, 1.54) is 34.8 Å². The standard InChI is InChI=1S/C24H36N4O7/c1-14(2)24(6,22(32)26-17(5)21(31)34-7)28-20(30)16(4)25-19(29)15(3)27-23(33)35-13-18-11-9-8-10-12-18/h8-12,14-17H,13H2,1-7H3,(H,25,29)(H,26,32)(H,27,33)(H,28,30)/t15-,16-,17-,24-/m0/s1. The number of carbonyl (C=O) groups is 5. The second kappa shape index (κ2) is 13.3. The van der Waals surface area contributed by atoms with Crippen molar-refractivity contribution in [1.29, 1.82) is 0 Å². The molecule has 0 aromatic heterocycles. The maximum atomic E-state index is 12.8. The lowest BCUT2D eigenvalue weighted by molar-refractivity contribution is -0.146. The Balaban J connectivity index is 2.66. The highest BCUT2D eigenvalue weighted by Gasteiger charge is 2.40. The van der Waals surface area contributed by atoms with Crippen LogP contribution in [0.1, 0.15) is 47.1 Å². The van der Waals surface area contributed by atoms with Crippen LogP contribution in [0, 0.1) is 5.92 Å². The third-order valence-electron chi connectivity index (χ3n) is 5.60. The molecule has 0 aliphatic rings. The van der Waals surface area contributed by atoms with E-state index < -0.39 is 53.4 Å². The number of nitrogens with one attached hydrogen (secondary N) is 4. The van der Waals surface area contributed by atoms with E-state index in [9.17, 15) is 24.0 Å². The molecule has 0 aliphatic heterocycles. The van der Waals surface area contributed by atoms with Crippen LogP contribution in [0.5, 0.6) is 0 Å². The summed E-state index contributed by atoms with van der Waals surface area (Å²) >= 11 is 0. The van der Waals surface area contributed by atoms with Crippen LogP contribution in [0.4, 0.5) is 4.79 Å². The Labute approximate surface area is 205 Å². The highest BCUT2D eigenvalue weighted by molar-refractivity contribution is 5.96. The largest absolute Gasteiger partial charge is 0.467 e. The molecule has 4 atom stereocenters. The van der Waals surface area contributed by atoms with E-state index in [0.717, 1.165) is 5.56 Å². The molecule has 11 nitrogen and oxygen atoms in total. The monoisotopic (exact) mass is 492 g/mol. The van der Waals surface area contributed by atoms with Crippen LogP contribution < -0.4 is 21.3 Å². The van der Waals surface area contributed by atoms with Crippen molar-refractivity contribution >= 4 is 29.8 Å². The van der Waals surface area contributed by atoms with Crippen LogP contribution in [0.3, 0.4) is 0 Å². The number of ether oxygens (including phenoxy) is 2. The molecule has 0 saturated heterocycles. The van der Waals surface area contributed by atoms with Gasteiger partial charge in [0.25, 0.3) is 0 Å². The number of esters is 1. The van der Waals surface area contributed by atoms with E-state index in [1.807, 2.05) is 18.2 Å². The van der Waals surface area contributed by atoms with Crippen molar-refractivity contribution in [3.05, 3.63) is 35.9 Å². The Kier molecular flexibility index (Phi) is 11.2. The van der Waals surface area contributed by atoms with Gasteiger partial charge in [0.05, 0.1) is 7.11 Å². The number of benzene rings is 1. The van der Waals surface area contributed by atoms with Gasteiger partial charge in [-0.15, -0.1) is 0 Å². The van der Waals surface area contributed by atoms with Crippen LogP contribution in [0.15, 0.2) is 30.3 Å². The quantitative estimate of drug-likeness (QED) is 0.337. The van der Waals surface area contributed by atoms with Gasteiger partial charge in [-0.3, -0.25) is 14.4 Å².